The Balaban J connectivity index is 1.40. The number of aromatic nitrogens is 2. The van der Waals surface area contributed by atoms with Gasteiger partial charge in [-0.2, -0.15) is 16.9 Å². The summed E-state index contributed by atoms with van der Waals surface area (Å²) in [5, 5.41) is 4.63. The van der Waals surface area contributed by atoms with Crippen molar-refractivity contribution in [2.75, 3.05) is 18.8 Å². The molecule has 5 heteroatoms. The number of aryl methyl sites for hydroxylation is 1. The van der Waals surface area contributed by atoms with E-state index in [-0.39, 0.29) is 5.56 Å². The minimum absolute atomic E-state index is 0.0931. The SMILES string of the molecule is O=c1cc2c(nn1CC1CN(C3CCCC3)C1)CCSC2. The van der Waals surface area contributed by atoms with Crippen molar-refractivity contribution < 1.29 is 0 Å². The Morgan fingerprint density at radius 1 is 1.29 bits per heavy atom. The topological polar surface area (TPSA) is 38.1 Å². The zero-order chi connectivity index (χ0) is 14.2. The van der Waals surface area contributed by atoms with Gasteiger partial charge in [-0.3, -0.25) is 9.69 Å². The molecule has 21 heavy (non-hydrogen) atoms. The molecule has 1 saturated heterocycles. The molecule has 3 heterocycles. The van der Waals surface area contributed by atoms with Gasteiger partial charge in [0, 0.05) is 43.3 Å². The summed E-state index contributed by atoms with van der Waals surface area (Å²) in [6, 6.07) is 2.65. The number of hydrogen-bond acceptors (Lipinski definition) is 4. The number of thioether (sulfide) groups is 1. The lowest BCUT2D eigenvalue weighted by Gasteiger charge is -2.43. The highest BCUT2D eigenvalue weighted by Gasteiger charge is 2.34. The second-order valence-electron chi connectivity index (χ2n) is 6.70. The highest BCUT2D eigenvalue weighted by atomic mass is 32.2. The summed E-state index contributed by atoms with van der Waals surface area (Å²) in [5.41, 5.74) is 2.41. The monoisotopic (exact) mass is 305 g/mol. The molecule has 4 rings (SSSR count). The fourth-order valence-electron chi connectivity index (χ4n) is 3.92. The Bertz CT molecular complexity index is 573. The van der Waals surface area contributed by atoms with Gasteiger partial charge in [0.2, 0.25) is 0 Å². The maximum atomic E-state index is 12.2. The lowest BCUT2D eigenvalue weighted by atomic mass is 9.97. The third kappa shape index (κ3) is 2.78. The number of rotatable bonds is 3. The van der Waals surface area contributed by atoms with Crippen LogP contribution in [0.25, 0.3) is 0 Å². The molecule has 0 bridgehead atoms. The predicted octanol–water partition coefficient (Wildman–Crippen LogP) is 1.91. The Morgan fingerprint density at radius 3 is 2.90 bits per heavy atom. The molecule has 0 N–H and O–H groups in total. The van der Waals surface area contributed by atoms with Crippen LogP contribution in [-0.2, 0) is 18.7 Å². The van der Waals surface area contributed by atoms with Crippen LogP contribution in [0.15, 0.2) is 10.9 Å². The fourth-order valence-corrected chi connectivity index (χ4v) is 4.87. The number of likely N-dealkylation sites (tertiary alicyclic amines) is 1. The van der Waals surface area contributed by atoms with Crippen molar-refractivity contribution in [2.45, 2.75) is 50.4 Å². The maximum Gasteiger partial charge on any atom is 0.267 e. The summed E-state index contributed by atoms with van der Waals surface area (Å²) in [7, 11) is 0. The van der Waals surface area contributed by atoms with Gasteiger partial charge in [-0.15, -0.1) is 0 Å². The van der Waals surface area contributed by atoms with Crippen LogP contribution in [0.3, 0.4) is 0 Å². The van der Waals surface area contributed by atoms with Crippen molar-refractivity contribution in [2.24, 2.45) is 5.92 Å². The van der Waals surface area contributed by atoms with Crippen molar-refractivity contribution in [3.8, 4) is 0 Å². The van der Waals surface area contributed by atoms with Crippen molar-refractivity contribution >= 4 is 11.8 Å². The van der Waals surface area contributed by atoms with Crippen molar-refractivity contribution in [3.05, 3.63) is 27.7 Å². The molecule has 0 atom stereocenters. The first-order valence-electron chi connectivity index (χ1n) is 8.21. The van der Waals surface area contributed by atoms with Gasteiger partial charge in [-0.1, -0.05) is 12.8 Å². The molecule has 114 valence electrons. The lowest BCUT2D eigenvalue weighted by molar-refractivity contribution is 0.0429. The van der Waals surface area contributed by atoms with Gasteiger partial charge in [0.25, 0.3) is 5.56 Å². The van der Waals surface area contributed by atoms with E-state index in [1.54, 1.807) is 4.68 Å². The standard InChI is InChI=1S/C16H23N3OS/c20-16-7-13-11-21-6-5-15(13)17-19(16)10-12-8-18(9-12)14-3-1-2-4-14/h7,12,14H,1-6,8-11H2. The summed E-state index contributed by atoms with van der Waals surface area (Å²) in [6.07, 6.45) is 6.56. The van der Waals surface area contributed by atoms with Crippen LogP contribution < -0.4 is 5.56 Å². The second kappa shape index (κ2) is 5.76. The Labute approximate surface area is 129 Å². The molecule has 0 aromatic carbocycles. The second-order valence-corrected chi connectivity index (χ2v) is 7.80. The minimum Gasteiger partial charge on any atom is -0.300 e. The smallest absolute Gasteiger partial charge is 0.267 e. The molecule has 2 fully saturated rings. The van der Waals surface area contributed by atoms with E-state index >= 15 is 0 Å². The van der Waals surface area contributed by atoms with E-state index in [2.05, 4.69) is 10.00 Å². The zero-order valence-electron chi connectivity index (χ0n) is 12.5. The Hall–Kier alpha value is -0.810. The molecule has 1 aromatic heterocycles. The van der Waals surface area contributed by atoms with E-state index in [9.17, 15) is 4.79 Å². The van der Waals surface area contributed by atoms with Crippen LogP contribution in [0.1, 0.15) is 36.9 Å². The fraction of sp³-hybridized carbons (Fsp3) is 0.750. The molecule has 1 aliphatic carbocycles. The molecule has 1 aromatic rings. The molecular formula is C16H23N3OS. The summed E-state index contributed by atoms with van der Waals surface area (Å²) in [4.78, 5) is 14.8. The van der Waals surface area contributed by atoms with Gasteiger partial charge < -0.3 is 0 Å². The summed E-state index contributed by atoms with van der Waals surface area (Å²) in [6.45, 7) is 3.12. The average Bonchev–Trinajstić information content (AvgIpc) is 2.96. The Kier molecular flexibility index (Phi) is 3.79. The molecule has 2 aliphatic heterocycles. The average molecular weight is 305 g/mol. The first kappa shape index (κ1) is 13.8. The highest BCUT2D eigenvalue weighted by molar-refractivity contribution is 7.98. The van der Waals surface area contributed by atoms with Gasteiger partial charge in [0.15, 0.2) is 0 Å². The van der Waals surface area contributed by atoms with Crippen LogP contribution in [0, 0.1) is 5.92 Å². The molecule has 3 aliphatic rings. The molecule has 0 spiro atoms. The highest BCUT2D eigenvalue weighted by Crippen LogP contribution is 2.30. The number of nitrogens with zero attached hydrogens (tertiary/aromatic N) is 3. The minimum atomic E-state index is 0.0931. The predicted molar refractivity (Wildman–Crippen MR) is 85.7 cm³/mol. The van der Waals surface area contributed by atoms with E-state index in [1.165, 1.54) is 25.7 Å². The third-order valence-electron chi connectivity index (χ3n) is 5.16. The van der Waals surface area contributed by atoms with Crippen molar-refractivity contribution in [1.29, 1.82) is 0 Å². The Morgan fingerprint density at radius 2 is 2.10 bits per heavy atom. The van der Waals surface area contributed by atoms with Crippen LogP contribution in [-0.4, -0.2) is 39.6 Å². The normalized spacial score (nSPS) is 24.0. The van der Waals surface area contributed by atoms with Crippen molar-refractivity contribution in [3.63, 3.8) is 0 Å². The molecule has 4 nitrogen and oxygen atoms in total. The molecule has 0 amide bonds. The third-order valence-corrected chi connectivity index (χ3v) is 6.17. The zero-order valence-corrected chi connectivity index (χ0v) is 13.3. The van der Waals surface area contributed by atoms with Gasteiger partial charge >= 0.3 is 0 Å². The van der Waals surface area contributed by atoms with E-state index in [0.29, 0.717) is 5.92 Å². The lowest BCUT2D eigenvalue weighted by Crippen LogP contribution is -2.53. The van der Waals surface area contributed by atoms with E-state index in [1.807, 2.05) is 17.8 Å². The quantitative estimate of drug-likeness (QED) is 0.855. The van der Waals surface area contributed by atoms with E-state index in [0.717, 1.165) is 54.9 Å². The first-order chi connectivity index (χ1) is 10.3. The van der Waals surface area contributed by atoms with Crippen LogP contribution in [0.4, 0.5) is 0 Å². The van der Waals surface area contributed by atoms with Gasteiger partial charge in [0.05, 0.1) is 12.2 Å². The van der Waals surface area contributed by atoms with Crippen LogP contribution in [0.2, 0.25) is 0 Å². The van der Waals surface area contributed by atoms with Crippen LogP contribution in [0.5, 0.6) is 0 Å². The molecule has 0 radical (unpaired) electrons. The number of fused-ring (bicyclic) bond motifs is 1. The first-order valence-corrected chi connectivity index (χ1v) is 9.37. The van der Waals surface area contributed by atoms with Crippen molar-refractivity contribution in [1.82, 2.24) is 14.7 Å². The number of hydrogen-bond donors (Lipinski definition) is 0. The van der Waals surface area contributed by atoms with Gasteiger partial charge in [0.1, 0.15) is 0 Å². The maximum absolute atomic E-state index is 12.2. The van der Waals surface area contributed by atoms with Gasteiger partial charge in [-0.05, 0) is 24.2 Å². The summed E-state index contributed by atoms with van der Waals surface area (Å²) < 4.78 is 1.73. The molecule has 1 saturated carbocycles. The van der Waals surface area contributed by atoms with Crippen LogP contribution >= 0.6 is 11.8 Å². The van der Waals surface area contributed by atoms with E-state index in [4.69, 9.17) is 0 Å². The van der Waals surface area contributed by atoms with Gasteiger partial charge in [-0.25, -0.2) is 4.68 Å². The largest absolute Gasteiger partial charge is 0.300 e. The summed E-state index contributed by atoms with van der Waals surface area (Å²) in [5.74, 6) is 2.71. The summed E-state index contributed by atoms with van der Waals surface area (Å²) >= 11 is 1.90. The van der Waals surface area contributed by atoms with E-state index < -0.39 is 0 Å². The molecular weight excluding hydrogens is 282 g/mol. The molecule has 0 unspecified atom stereocenters.